The van der Waals surface area contributed by atoms with Crippen molar-refractivity contribution in [2.75, 3.05) is 0 Å². The number of phenols is 1. The summed E-state index contributed by atoms with van der Waals surface area (Å²) in [5.74, 6) is -1.45. The monoisotopic (exact) mass is 254 g/mol. The van der Waals surface area contributed by atoms with Crippen LogP contribution in [0.4, 0.5) is 0 Å². The Kier molecular flexibility index (Phi) is 2.56. The van der Waals surface area contributed by atoms with E-state index in [-0.39, 0.29) is 11.5 Å². The van der Waals surface area contributed by atoms with Crippen LogP contribution in [0.2, 0.25) is 0 Å². The van der Waals surface area contributed by atoms with Crippen molar-refractivity contribution in [1.29, 1.82) is 0 Å². The van der Waals surface area contributed by atoms with Crippen molar-refractivity contribution >= 4 is 11.8 Å². The van der Waals surface area contributed by atoms with E-state index in [1.165, 1.54) is 12.1 Å². The molecule has 19 heavy (non-hydrogen) atoms. The highest BCUT2D eigenvalue weighted by Crippen LogP contribution is 2.33. The third-order valence-corrected chi connectivity index (χ3v) is 3.09. The van der Waals surface area contributed by atoms with Gasteiger partial charge in [-0.05, 0) is 29.8 Å². The SMILES string of the molecule is O=C1Oc2ccccc2C(=O)C1c1ccc(O)cc1. The van der Waals surface area contributed by atoms with Gasteiger partial charge in [0.05, 0.1) is 5.56 Å². The second kappa shape index (κ2) is 4.24. The van der Waals surface area contributed by atoms with E-state index in [2.05, 4.69) is 0 Å². The number of esters is 1. The van der Waals surface area contributed by atoms with Crippen LogP contribution in [-0.4, -0.2) is 16.9 Å². The van der Waals surface area contributed by atoms with E-state index in [1.54, 1.807) is 36.4 Å². The van der Waals surface area contributed by atoms with E-state index in [0.29, 0.717) is 16.9 Å². The molecule has 1 heterocycles. The smallest absolute Gasteiger partial charge is 0.326 e. The number of para-hydroxylation sites is 1. The molecule has 0 saturated heterocycles. The number of carbonyl (C=O) groups is 2. The first-order valence-electron chi connectivity index (χ1n) is 5.80. The molecule has 0 saturated carbocycles. The number of hydrogen-bond acceptors (Lipinski definition) is 4. The summed E-state index contributed by atoms with van der Waals surface area (Å²) in [6.07, 6.45) is 0. The van der Waals surface area contributed by atoms with Crippen LogP contribution in [0.5, 0.6) is 11.5 Å². The topological polar surface area (TPSA) is 63.6 Å². The van der Waals surface area contributed by atoms with Crippen molar-refractivity contribution in [1.82, 2.24) is 0 Å². The standard InChI is InChI=1S/C15H10O4/c16-10-7-5-9(6-8-10)13-14(17)11-3-1-2-4-12(11)19-15(13)18/h1-8,13,16H. The minimum Gasteiger partial charge on any atom is -0.508 e. The predicted molar refractivity (Wildman–Crippen MR) is 67.3 cm³/mol. The van der Waals surface area contributed by atoms with Gasteiger partial charge >= 0.3 is 5.97 Å². The summed E-state index contributed by atoms with van der Waals surface area (Å²) in [6.45, 7) is 0. The average molecular weight is 254 g/mol. The number of ketones is 1. The number of hydrogen-bond donors (Lipinski definition) is 1. The fourth-order valence-corrected chi connectivity index (χ4v) is 2.14. The van der Waals surface area contributed by atoms with Gasteiger partial charge in [-0.1, -0.05) is 24.3 Å². The molecule has 2 aromatic rings. The van der Waals surface area contributed by atoms with Gasteiger partial charge in [0.15, 0.2) is 5.78 Å². The van der Waals surface area contributed by atoms with Gasteiger partial charge in [-0.25, -0.2) is 0 Å². The molecule has 0 fully saturated rings. The lowest BCUT2D eigenvalue weighted by molar-refractivity contribution is -0.135. The minimum atomic E-state index is -0.963. The Bertz CT molecular complexity index is 658. The summed E-state index contributed by atoms with van der Waals surface area (Å²) in [6, 6.07) is 12.6. The highest BCUT2D eigenvalue weighted by molar-refractivity contribution is 6.17. The number of benzene rings is 2. The molecule has 0 aromatic heterocycles. The zero-order valence-electron chi connectivity index (χ0n) is 9.87. The Morgan fingerprint density at radius 1 is 0.947 bits per heavy atom. The lowest BCUT2D eigenvalue weighted by atomic mass is 9.88. The maximum Gasteiger partial charge on any atom is 0.326 e. The third-order valence-electron chi connectivity index (χ3n) is 3.09. The Balaban J connectivity index is 2.06. The van der Waals surface area contributed by atoms with Gasteiger partial charge < -0.3 is 9.84 Å². The normalized spacial score (nSPS) is 17.8. The Labute approximate surface area is 109 Å². The number of aromatic hydroxyl groups is 1. The van der Waals surface area contributed by atoms with Crippen LogP contribution in [0.3, 0.4) is 0 Å². The van der Waals surface area contributed by atoms with Crippen LogP contribution in [0, 0.1) is 0 Å². The van der Waals surface area contributed by atoms with Crippen LogP contribution in [0.1, 0.15) is 21.8 Å². The van der Waals surface area contributed by atoms with E-state index >= 15 is 0 Å². The number of Topliss-reactive ketones (excluding diaryl/α,β-unsaturated/α-hetero) is 1. The number of fused-ring (bicyclic) bond motifs is 1. The summed E-state index contributed by atoms with van der Waals surface area (Å²) in [5, 5.41) is 9.24. The quantitative estimate of drug-likeness (QED) is 0.481. The molecule has 0 bridgehead atoms. The van der Waals surface area contributed by atoms with Crippen molar-refractivity contribution < 1.29 is 19.4 Å². The van der Waals surface area contributed by atoms with Crippen molar-refractivity contribution in [3.8, 4) is 11.5 Å². The van der Waals surface area contributed by atoms with Gasteiger partial charge in [0, 0.05) is 0 Å². The second-order valence-electron chi connectivity index (χ2n) is 4.31. The molecule has 1 aliphatic heterocycles. The van der Waals surface area contributed by atoms with Crippen LogP contribution < -0.4 is 4.74 Å². The second-order valence-corrected chi connectivity index (χ2v) is 4.31. The summed E-state index contributed by atoms with van der Waals surface area (Å²) in [4.78, 5) is 24.3. The van der Waals surface area contributed by atoms with E-state index in [4.69, 9.17) is 4.74 Å². The van der Waals surface area contributed by atoms with Crippen molar-refractivity contribution in [3.05, 3.63) is 59.7 Å². The van der Waals surface area contributed by atoms with E-state index in [1.807, 2.05) is 0 Å². The number of phenolic OH excluding ortho intramolecular Hbond substituents is 1. The highest BCUT2D eigenvalue weighted by atomic mass is 16.5. The zero-order chi connectivity index (χ0) is 13.4. The number of ether oxygens (including phenoxy) is 1. The Hall–Kier alpha value is -2.62. The fourth-order valence-electron chi connectivity index (χ4n) is 2.14. The lowest BCUT2D eigenvalue weighted by Gasteiger charge is -2.22. The molecule has 4 heteroatoms. The zero-order valence-corrected chi connectivity index (χ0v) is 9.87. The number of rotatable bonds is 1. The van der Waals surface area contributed by atoms with Gasteiger partial charge in [-0.2, -0.15) is 0 Å². The molecule has 4 nitrogen and oxygen atoms in total. The van der Waals surface area contributed by atoms with Crippen molar-refractivity contribution in [2.45, 2.75) is 5.92 Å². The Morgan fingerprint density at radius 2 is 1.63 bits per heavy atom. The number of carbonyl (C=O) groups excluding carboxylic acids is 2. The molecule has 0 radical (unpaired) electrons. The van der Waals surface area contributed by atoms with Crippen molar-refractivity contribution in [3.63, 3.8) is 0 Å². The van der Waals surface area contributed by atoms with Gasteiger partial charge in [-0.3, -0.25) is 9.59 Å². The van der Waals surface area contributed by atoms with Crippen LogP contribution in [0.15, 0.2) is 48.5 Å². The lowest BCUT2D eigenvalue weighted by Crippen LogP contribution is -2.31. The van der Waals surface area contributed by atoms with Crippen LogP contribution in [-0.2, 0) is 4.79 Å². The molecule has 1 N–H and O–H groups in total. The van der Waals surface area contributed by atoms with E-state index in [0.717, 1.165) is 0 Å². The third kappa shape index (κ3) is 1.87. The average Bonchev–Trinajstić information content (AvgIpc) is 2.41. The summed E-state index contributed by atoms with van der Waals surface area (Å²) in [7, 11) is 0. The predicted octanol–water partition coefficient (Wildman–Crippen LogP) is 2.28. The summed E-state index contributed by atoms with van der Waals surface area (Å²) < 4.78 is 5.18. The van der Waals surface area contributed by atoms with Crippen LogP contribution in [0.25, 0.3) is 0 Å². The van der Waals surface area contributed by atoms with Crippen LogP contribution >= 0.6 is 0 Å². The molecule has 94 valence electrons. The van der Waals surface area contributed by atoms with Gasteiger partial charge in [0.2, 0.25) is 0 Å². The van der Waals surface area contributed by atoms with Gasteiger partial charge in [-0.15, -0.1) is 0 Å². The van der Waals surface area contributed by atoms with Gasteiger partial charge in [0.25, 0.3) is 0 Å². The highest BCUT2D eigenvalue weighted by Gasteiger charge is 2.37. The van der Waals surface area contributed by atoms with Gasteiger partial charge in [0.1, 0.15) is 17.4 Å². The maximum absolute atomic E-state index is 12.3. The first-order valence-corrected chi connectivity index (χ1v) is 5.80. The first kappa shape index (κ1) is 11.5. The van der Waals surface area contributed by atoms with Crippen molar-refractivity contribution in [2.24, 2.45) is 0 Å². The molecule has 2 aromatic carbocycles. The Morgan fingerprint density at radius 3 is 2.37 bits per heavy atom. The molecule has 3 rings (SSSR count). The van der Waals surface area contributed by atoms with E-state index in [9.17, 15) is 14.7 Å². The molecule has 1 unspecified atom stereocenters. The molecular formula is C15H10O4. The maximum atomic E-state index is 12.3. The molecular weight excluding hydrogens is 244 g/mol. The molecule has 1 aliphatic rings. The summed E-state index contributed by atoms with van der Waals surface area (Å²) in [5.41, 5.74) is 0.919. The molecule has 1 atom stereocenters. The summed E-state index contributed by atoms with van der Waals surface area (Å²) >= 11 is 0. The molecule has 0 amide bonds. The first-order chi connectivity index (χ1) is 9.16. The van der Waals surface area contributed by atoms with E-state index < -0.39 is 11.9 Å². The fraction of sp³-hybridized carbons (Fsp3) is 0.0667. The molecule has 0 spiro atoms. The minimum absolute atomic E-state index is 0.0841. The molecule has 0 aliphatic carbocycles. The largest absolute Gasteiger partial charge is 0.508 e.